The zero-order valence-corrected chi connectivity index (χ0v) is 14.2. The van der Waals surface area contributed by atoms with Crippen LogP contribution >= 0.6 is 0 Å². The fraction of sp³-hybridized carbons (Fsp3) is 0.533. The molecule has 1 heterocycles. The van der Waals surface area contributed by atoms with Gasteiger partial charge >= 0.3 is 0 Å². The van der Waals surface area contributed by atoms with Crippen LogP contribution in [0.25, 0.3) is 0 Å². The van der Waals surface area contributed by atoms with Crippen LogP contribution in [-0.4, -0.2) is 65.2 Å². The van der Waals surface area contributed by atoms with Gasteiger partial charge in [0.15, 0.2) is 0 Å². The Morgan fingerprint density at radius 1 is 1.26 bits per heavy atom. The second-order valence-corrected chi connectivity index (χ2v) is 7.22. The summed E-state index contributed by atoms with van der Waals surface area (Å²) in [5.74, 6) is -0.247. The number of sulfonamides is 1. The number of nitrogens with zero attached hydrogens (tertiary/aromatic N) is 1. The highest BCUT2D eigenvalue weighted by Gasteiger charge is 2.20. The molecule has 1 aromatic rings. The van der Waals surface area contributed by atoms with Crippen molar-refractivity contribution in [1.29, 1.82) is 0 Å². The average Bonchev–Trinajstić information content (AvgIpc) is 2.60. The Morgan fingerprint density at radius 3 is 2.43 bits per heavy atom. The molecule has 0 bridgehead atoms. The number of hydrogen-bond acceptors (Lipinski definition) is 5. The molecule has 0 aliphatic carbocycles. The van der Waals surface area contributed by atoms with Gasteiger partial charge in [-0.3, -0.25) is 9.69 Å². The van der Waals surface area contributed by atoms with Crippen molar-refractivity contribution in [3.8, 4) is 0 Å². The van der Waals surface area contributed by atoms with Crippen molar-refractivity contribution in [3.63, 3.8) is 0 Å². The van der Waals surface area contributed by atoms with Gasteiger partial charge in [0.2, 0.25) is 10.0 Å². The molecular weight excluding hydrogens is 318 g/mol. The van der Waals surface area contributed by atoms with Crippen LogP contribution in [0.15, 0.2) is 29.2 Å². The molecule has 0 radical (unpaired) electrons. The van der Waals surface area contributed by atoms with Crippen LogP contribution in [0.5, 0.6) is 0 Å². The summed E-state index contributed by atoms with van der Waals surface area (Å²) >= 11 is 0. The summed E-state index contributed by atoms with van der Waals surface area (Å²) < 4.78 is 32.5. The third-order valence-corrected chi connectivity index (χ3v) is 5.33. The van der Waals surface area contributed by atoms with Crippen LogP contribution in [0.4, 0.5) is 0 Å². The summed E-state index contributed by atoms with van der Waals surface area (Å²) in [6, 6.07) is 5.97. The van der Waals surface area contributed by atoms with E-state index in [0.717, 1.165) is 13.1 Å². The van der Waals surface area contributed by atoms with Crippen LogP contribution in [-0.2, 0) is 14.8 Å². The van der Waals surface area contributed by atoms with E-state index in [1.807, 2.05) is 6.92 Å². The van der Waals surface area contributed by atoms with Gasteiger partial charge in [-0.25, -0.2) is 13.1 Å². The lowest BCUT2D eigenvalue weighted by molar-refractivity contribution is 0.0213. The molecule has 1 fully saturated rings. The Balaban J connectivity index is 1.96. The van der Waals surface area contributed by atoms with Gasteiger partial charge in [-0.05, 0) is 31.2 Å². The first-order chi connectivity index (χ1) is 10.9. The minimum absolute atomic E-state index is 0.0961. The highest BCUT2D eigenvalue weighted by Crippen LogP contribution is 2.11. The first-order valence-electron chi connectivity index (χ1n) is 7.57. The van der Waals surface area contributed by atoms with E-state index in [2.05, 4.69) is 14.9 Å². The van der Waals surface area contributed by atoms with E-state index in [1.54, 1.807) is 0 Å². The van der Waals surface area contributed by atoms with Gasteiger partial charge < -0.3 is 10.1 Å². The molecule has 0 aromatic heterocycles. The Kier molecular flexibility index (Phi) is 6.11. The van der Waals surface area contributed by atoms with Crippen molar-refractivity contribution in [3.05, 3.63) is 29.8 Å². The number of amides is 1. The Labute approximate surface area is 137 Å². The van der Waals surface area contributed by atoms with Crippen molar-refractivity contribution >= 4 is 15.9 Å². The number of rotatable bonds is 6. The number of hydrogen-bond donors (Lipinski definition) is 2. The fourth-order valence-corrected chi connectivity index (χ4v) is 3.51. The molecule has 8 heteroatoms. The molecule has 2 rings (SSSR count). The van der Waals surface area contributed by atoms with Gasteiger partial charge in [0.05, 0.1) is 18.1 Å². The smallest absolute Gasteiger partial charge is 0.251 e. The van der Waals surface area contributed by atoms with Crippen LogP contribution < -0.4 is 10.0 Å². The van der Waals surface area contributed by atoms with E-state index in [-0.39, 0.29) is 16.8 Å². The summed E-state index contributed by atoms with van der Waals surface area (Å²) in [4.78, 5) is 13.8. The third kappa shape index (κ3) is 4.74. The van der Waals surface area contributed by atoms with Crippen LogP contribution in [0.1, 0.15) is 17.3 Å². The molecule has 0 spiro atoms. The Bertz CT molecular complexity index is 625. The molecule has 2 N–H and O–H groups in total. The fourth-order valence-electron chi connectivity index (χ4n) is 2.39. The SMILES string of the molecule is CNC(=O)c1ccc(S(=O)(=O)NC[C@@H](C)N2CCOCC2)cc1. The number of morpholine rings is 1. The molecule has 1 aliphatic rings. The number of carbonyl (C=O) groups is 1. The quantitative estimate of drug-likeness (QED) is 0.763. The monoisotopic (exact) mass is 341 g/mol. The predicted molar refractivity (Wildman–Crippen MR) is 86.9 cm³/mol. The van der Waals surface area contributed by atoms with Crippen LogP contribution in [0, 0.1) is 0 Å². The molecule has 1 saturated heterocycles. The van der Waals surface area contributed by atoms with Gasteiger partial charge in [-0.1, -0.05) is 0 Å². The second-order valence-electron chi connectivity index (χ2n) is 5.45. The highest BCUT2D eigenvalue weighted by atomic mass is 32.2. The van der Waals surface area contributed by atoms with E-state index in [1.165, 1.54) is 31.3 Å². The van der Waals surface area contributed by atoms with Crippen LogP contribution in [0.2, 0.25) is 0 Å². The summed E-state index contributed by atoms with van der Waals surface area (Å²) in [6.45, 7) is 5.30. The largest absolute Gasteiger partial charge is 0.379 e. The van der Waals surface area contributed by atoms with E-state index in [9.17, 15) is 13.2 Å². The van der Waals surface area contributed by atoms with E-state index < -0.39 is 10.0 Å². The lowest BCUT2D eigenvalue weighted by Crippen LogP contribution is -2.47. The first-order valence-corrected chi connectivity index (χ1v) is 9.06. The minimum atomic E-state index is -3.58. The third-order valence-electron chi connectivity index (χ3n) is 3.89. The molecule has 1 amide bonds. The van der Waals surface area contributed by atoms with Crippen molar-refractivity contribution in [2.24, 2.45) is 0 Å². The van der Waals surface area contributed by atoms with Gasteiger partial charge in [-0.15, -0.1) is 0 Å². The highest BCUT2D eigenvalue weighted by molar-refractivity contribution is 7.89. The Morgan fingerprint density at radius 2 is 1.87 bits per heavy atom. The number of carbonyl (C=O) groups excluding carboxylic acids is 1. The van der Waals surface area contributed by atoms with E-state index in [0.29, 0.717) is 25.3 Å². The van der Waals surface area contributed by atoms with E-state index in [4.69, 9.17) is 4.74 Å². The van der Waals surface area contributed by atoms with Gasteiger partial charge in [0, 0.05) is 38.3 Å². The molecule has 0 unspecified atom stereocenters. The van der Waals surface area contributed by atoms with Crippen molar-refractivity contribution < 1.29 is 17.9 Å². The normalized spacial score (nSPS) is 17.7. The maximum Gasteiger partial charge on any atom is 0.251 e. The molecule has 128 valence electrons. The predicted octanol–water partition coefficient (Wildman–Crippen LogP) is 0.0452. The minimum Gasteiger partial charge on any atom is -0.379 e. The lowest BCUT2D eigenvalue weighted by atomic mass is 10.2. The second kappa shape index (κ2) is 7.87. The molecule has 7 nitrogen and oxygen atoms in total. The molecule has 23 heavy (non-hydrogen) atoms. The van der Waals surface area contributed by atoms with E-state index >= 15 is 0 Å². The van der Waals surface area contributed by atoms with Crippen molar-refractivity contribution in [2.45, 2.75) is 17.9 Å². The maximum absolute atomic E-state index is 12.3. The van der Waals surface area contributed by atoms with Gasteiger partial charge in [-0.2, -0.15) is 0 Å². The molecule has 0 saturated carbocycles. The number of ether oxygens (including phenoxy) is 1. The lowest BCUT2D eigenvalue weighted by Gasteiger charge is -2.32. The van der Waals surface area contributed by atoms with Crippen molar-refractivity contribution in [2.75, 3.05) is 39.9 Å². The standard InChI is InChI=1S/C15H23N3O4S/c1-12(18-7-9-22-10-8-18)11-17-23(20,21)14-5-3-13(4-6-14)15(19)16-2/h3-6,12,17H,7-11H2,1-2H3,(H,16,19)/t12-/m1/s1. The van der Waals surface area contributed by atoms with Crippen molar-refractivity contribution in [1.82, 2.24) is 14.9 Å². The van der Waals surface area contributed by atoms with Crippen LogP contribution in [0.3, 0.4) is 0 Å². The molecule has 1 aliphatic heterocycles. The van der Waals surface area contributed by atoms with Gasteiger partial charge in [0.1, 0.15) is 0 Å². The zero-order chi connectivity index (χ0) is 16.9. The summed E-state index contributed by atoms with van der Waals surface area (Å²) in [6.07, 6.45) is 0. The number of benzene rings is 1. The first kappa shape index (κ1) is 17.9. The average molecular weight is 341 g/mol. The zero-order valence-electron chi connectivity index (χ0n) is 13.4. The molecule has 1 atom stereocenters. The Hall–Kier alpha value is -1.48. The molecule has 1 aromatic carbocycles. The molecular formula is C15H23N3O4S. The summed E-state index contributed by atoms with van der Waals surface area (Å²) in [5, 5.41) is 2.50. The number of nitrogens with one attached hydrogen (secondary N) is 2. The van der Waals surface area contributed by atoms with Gasteiger partial charge in [0.25, 0.3) is 5.91 Å². The summed E-state index contributed by atoms with van der Waals surface area (Å²) in [7, 11) is -2.05. The topological polar surface area (TPSA) is 87.7 Å². The summed E-state index contributed by atoms with van der Waals surface area (Å²) in [5.41, 5.74) is 0.424. The maximum atomic E-state index is 12.3.